The maximum Gasteiger partial charge on any atom is 0.151 e. The van der Waals surface area contributed by atoms with E-state index in [1.165, 1.54) is 61.8 Å². The minimum absolute atomic E-state index is 0.276. The van der Waals surface area contributed by atoms with Gasteiger partial charge in [-0.15, -0.1) is 0 Å². The number of thioether (sulfide) groups is 1. The van der Waals surface area contributed by atoms with Crippen LogP contribution < -0.4 is 0 Å². The van der Waals surface area contributed by atoms with Crippen LogP contribution in [-0.4, -0.2) is 58.7 Å². The van der Waals surface area contributed by atoms with Gasteiger partial charge in [-0.25, -0.2) is 0 Å². The predicted molar refractivity (Wildman–Crippen MR) is 163 cm³/mol. The number of nitrogens with zero attached hydrogens (tertiary/aromatic N) is 2. The molecule has 6 nitrogen and oxygen atoms in total. The van der Waals surface area contributed by atoms with Crippen molar-refractivity contribution in [3.05, 3.63) is 48.3 Å². The first-order chi connectivity index (χ1) is 19.9. The fourth-order valence-corrected chi connectivity index (χ4v) is 11.7. The van der Waals surface area contributed by atoms with Crippen molar-refractivity contribution in [3.8, 4) is 0 Å². The van der Waals surface area contributed by atoms with Gasteiger partial charge in [-0.1, -0.05) is 13.8 Å². The molecule has 0 amide bonds. The standard InChI is InChI=1S/C34H50N2O4S/c1-5-39-33(27-11-17-37-19-27)15-7-25(3)29-9-13-31(22-35(29)33)21-32(41-24-31)14-10-30-26(4)8-16-34(40-6-2,36(30)23-32)28-12-18-38-20-28/h11-12,17-20,25-26,29-30H,5-10,13-16,21-24H2,1-4H3/t25-,26-,29+,30+,31+,32+,33+,34+/m1/s1. The molecule has 0 aliphatic carbocycles. The number of rotatable bonds is 6. The van der Waals surface area contributed by atoms with Crippen LogP contribution in [0, 0.1) is 17.3 Å². The van der Waals surface area contributed by atoms with E-state index in [-0.39, 0.29) is 16.2 Å². The van der Waals surface area contributed by atoms with Crippen LogP contribution in [0.4, 0.5) is 0 Å². The van der Waals surface area contributed by atoms with Crippen molar-refractivity contribution in [2.24, 2.45) is 17.3 Å². The molecule has 5 aliphatic rings. The molecule has 226 valence electrons. The molecule has 41 heavy (non-hydrogen) atoms. The third-order valence-electron chi connectivity index (χ3n) is 11.8. The predicted octanol–water partition coefficient (Wildman–Crippen LogP) is 7.60. The van der Waals surface area contributed by atoms with Crippen LogP contribution in [0.1, 0.15) is 96.6 Å². The van der Waals surface area contributed by atoms with E-state index in [9.17, 15) is 0 Å². The van der Waals surface area contributed by atoms with Crippen LogP contribution in [-0.2, 0) is 20.9 Å². The van der Waals surface area contributed by atoms with Gasteiger partial charge in [0.15, 0.2) is 11.4 Å². The highest BCUT2D eigenvalue weighted by Crippen LogP contribution is 2.61. The summed E-state index contributed by atoms with van der Waals surface area (Å²) >= 11 is 2.29. The Hall–Kier alpha value is -1.25. The van der Waals surface area contributed by atoms with Crippen molar-refractivity contribution in [2.75, 3.05) is 32.1 Å². The average Bonchev–Trinajstić information content (AvgIpc) is 3.76. The molecule has 5 aliphatic heterocycles. The van der Waals surface area contributed by atoms with Crippen LogP contribution in [0.25, 0.3) is 0 Å². The van der Waals surface area contributed by atoms with Gasteiger partial charge in [-0.2, -0.15) is 11.8 Å². The Morgan fingerprint density at radius 3 is 1.88 bits per heavy atom. The van der Waals surface area contributed by atoms with Gasteiger partial charge in [0, 0.05) is 60.0 Å². The van der Waals surface area contributed by atoms with E-state index >= 15 is 0 Å². The summed E-state index contributed by atoms with van der Waals surface area (Å²) in [5.74, 6) is 2.64. The van der Waals surface area contributed by atoms with E-state index in [0.29, 0.717) is 29.3 Å². The minimum Gasteiger partial charge on any atom is -0.472 e. The third-order valence-corrected chi connectivity index (χ3v) is 13.7. The molecule has 0 unspecified atom stereocenters. The van der Waals surface area contributed by atoms with Crippen molar-refractivity contribution in [3.63, 3.8) is 0 Å². The Bertz CT molecular complexity index is 1080. The first-order valence-corrected chi connectivity index (χ1v) is 17.4. The molecule has 5 fully saturated rings. The summed E-state index contributed by atoms with van der Waals surface area (Å²) in [6, 6.07) is 5.44. The number of fused-ring (bicyclic) bond motifs is 2. The van der Waals surface area contributed by atoms with Gasteiger partial charge < -0.3 is 18.3 Å². The second-order valence-electron chi connectivity index (χ2n) is 14.1. The Morgan fingerprint density at radius 2 is 1.34 bits per heavy atom. The highest BCUT2D eigenvalue weighted by molar-refractivity contribution is 8.01. The zero-order chi connectivity index (χ0) is 28.3. The lowest BCUT2D eigenvalue weighted by Gasteiger charge is -2.59. The maximum absolute atomic E-state index is 6.78. The highest BCUT2D eigenvalue weighted by Gasteiger charge is 2.61. The normalized spacial score (nSPS) is 43.4. The lowest BCUT2D eigenvalue weighted by atomic mass is 9.66. The van der Waals surface area contributed by atoms with Crippen LogP contribution in [0.5, 0.6) is 0 Å². The van der Waals surface area contributed by atoms with Gasteiger partial charge in [0.25, 0.3) is 0 Å². The first kappa shape index (κ1) is 28.5. The van der Waals surface area contributed by atoms with Gasteiger partial charge in [0.1, 0.15) is 0 Å². The molecule has 0 aromatic carbocycles. The van der Waals surface area contributed by atoms with Crippen LogP contribution in [0.15, 0.2) is 46.0 Å². The van der Waals surface area contributed by atoms with Crippen LogP contribution in [0.3, 0.4) is 0 Å². The molecule has 8 atom stereocenters. The van der Waals surface area contributed by atoms with E-state index in [4.69, 9.17) is 18.3 Å². The van der Waals surface area contributed by atoms with E-state index in [1.807, 2.05) is 25.1 Å². The van der Waals surface area contributed by atoms with E-state index < -0.39 is 0 Å². The quantitative estimate of drug-likeness (QED) is 0.348. The average molecular weight is 583 g/mol. The number of hydrogen-bond acceptors (Lipinski definition) is 7. The zero-order valence-electron chi connectivity index (χ0n) is 25.6. The van der Waals surface area contributed by atoms with Gasteiger partial charge in [0.05, 0.1) is 25.1 Å². The first-order valence-electron chi connectivity index (χ1n) is 16.4. The monoisotopic (exact) mass is 582 g/mol. The summed E-state index contributed by atoms with van der Waals surface area (Å²) in [5.41, 5.74) is 2.00. The van der Waals surface area contributed by atoms with E-state index in [0.717, 1.165) is 39.1 Å². The second-order valence-corrected chi connectivity index (χ2v) is 15.6. The third kappa shape index (κ3) is 4.51. The molecule has 0 radical (unpaired) electrons. The minimum atomic E-state index is -0.367. The summed E-state index contributed by atoms with van der Waals surface area (Å²) in [6.07, 6.45) is 18.5. The zero-order valence-corrected chi connectivity index (χ0v) is 26.4. The van der Waals surface area contributed by atoms with Crippen molar-refractivity contribution >= 4 is 11.8 Å². The molecule has 0 N–H and O–H groups in total. The summed E-state index contributed by atoms with van der Waals surface area (Å²) in [4.78, 5) is 5.61. The molecule has 7 rings (SSSR count). The van der Waals surface area contributed by atoms with Crippen LogP contribution >= 0.6 is 11.8 Å². The largest absolute Gasteiger partial charge is 0.472 e. The second kappa shape index (κ2) is 10.7. The lowest BCUT2D eigenvalue weighted by molar-refractivity contribution is -0.233. The molecule has 7 heteroatoms. The molecule has 0 bridgehead atoms. The smallest absolute Gasteiger partial charge is 0.151 e. The Balaban J connectivity index is 1.19. The number of piperidine rings is 4. The molecule has 0 saturated carbocycles. The number of furan rings is 2. The molecular weight excluding hydrogens is 532 g/mol. The van der Waals surface area contributed by atoms with E-state index in [1.54, 1.807) is 0 Å². The van der Waals surface area contributed by atoms with Gasteiger partial charge in [0.2, 0.25) is 0 Å². The maximum atomic E-state index is 6.78. The fourth-order valence-electron chi connectivity index (χ4n) is 9.90. The summed E-state index contributed by atoms with van der Waals surface area (Å²) in [7, 11) is 0. The molecule has 2 aromatic rings. The molecular formula is C34H50N2O4S. The molecule has 2 spiro atoms. The Morgan fingerprint density at radius 1 is 0.780 bits per heavy atom. The molecule has 7 heterocycles. The topological polar surface area (TPSA) is 51.2 Å². The molecule has 2 aromatic heterocycles. The van der Waals surface area contributed by atoms with Crippen molar-refractivity contribution in [2.45, 2.75) is 114 Å². The summed E-state index contributed by atoms with van der Waals surface area (Å²) < 4.78 is 25.1. The van der Waals surface area contributed by atoms with Crippen molar-refractivity contribution in [1.29, 1.82) is 0 Å². The SMILES string of the molecule is CCO[C@]1(c2ccoc2)CC[C@@H](C)[C@@H]2CC[C@@]3(CS[C@@]4(CC[C@H]5[C@H](C)CC[C@](OCC)(c6ccoc6)N5C4)C3)CN21. The van der Waals surface area contributed by atoms with Gasteiger partial charge in [-0.3, -0.25) is 9.80 Å². The van der Waals surface area contributed by atoms with Crippen molar-refractivity contribution < 1.29 is 18.3 Å². The Labute approximate surface area is 250 Å². The summed E-state index contributed by atoms with van der Waals surface area (Å²) in [5, 5.41) is 0. The highest BCUT2D eigenvalue weighted by atomic mass is 32.2. The number of ether oxygens (including phenoxy) is 2. The van der Waals surface area contributed by atoms with Gasteiger partial charge in [-0.05, 0) is 101 Å². The van der Waals surface area contributed by atoms with Crippen molar-refractivity contribution in [1.82, 2.24) is 9.80 Å². The lowest BCUT2D eigenvalue weighted by Crippen LogP contribution is -2.65. The van der Waals surface area contributed by atoms with Crippen LogP contribution in [0.2, 0.25) is 0 Å². The molecule has 5 saturated heterocycles. The fraction of sp³-hybridized carbons (Fsp3) is 0.765. The number of hydrogen-bond donors (Lipinski definition) is 0. The Kier molecular flexibility index (Phi) is 7.46. The van der Waals surface area contributed by atoms with E-state index in [2.05, 4.69) is 61.4 Å². The summed E-state index contributed by atoms with van der Waals surface area (Å²) in [6.45, 7) is 12.9. The van der Waals surface area contributed by atoms with Gasteiger partial charge >= 0.3 is 0 Å².